The molecule has 1 aromatic rings. The lowest BCUT2D eigenvalue weighted by molar-refractivity contribution is 0.816. The van der Waals surface area contributed by atoms with Crippen LogP contribution in [0.3, 0.4) is 0 Å². The molecule has 2 heterocycles. The zero-order valence-electron chi connectivity index (χ0n) is 7.31. The highest BCUT2D eigenvalue weighted by Crippen LogP contribution is 2.14. The number of aromatic nitrogens is 2. The fourth-order valence-electron chi connectivity index (χ4n) is 1.26. The maximum absolute atomic E-state index is 5.51. The highest BCUT2D eigenvalue weighted by Gasteiger charge is 2.12. The van der Waals surface area contributed by atoms with E-state index in [0.717, 1.165) is 30.5 Å². The van der Waals surface area contributed by atoms with E-state index in [9.17, 15) is 0 Å². The molecule has 1 aromatic heterocycles. The zero-order chi connectivity index (χ0) is 9.10. The molecule has 1 aliphatic heterocycles. The summed E-state index contributed by atoms with van der Waals surface area (Å²) < 4.78 is 0. The van der Waals surface area contributed by atoms with Gasteiger partial charge < -0.3 is 10.6 Å². The molecule has 0 radical (unpaired) electrons. The quantitative estimate of drug-likeness (QED) is 0.713. The van der Waals surface area contributed by atoms with Gasteiger partial charge in [-0.2, -0.15) is 11.8 Å². The minimum absolute atomic E-state index is 0.620. The van der Waals surface area contributed by atoms with Crippen molar-refractivity contribution >= 4 is 23.4 Å². The minimum Gasteiger partial charge on any atom is -0.396 e. The average molecular weight is 196 g/mol. The standard InChI is InChI=1S/C8H12N4S/c9-7-5-10-8(11-6-7)12-1-3-13-4-2-12/h5-6H,1-4,9H2. The van der Waals surface area contributed by atoms with Gasteiger partial charge in [-0.1, -0.05) is 0 Å². The van der Waals surface area contributed by atoms with Crippen molar-refractivity contribution in [1.82, 2.24) is 9.97 Å². The summed E-state index contributed by atoms with van der Waals surface area (Å²) >= 11 is 1.97. The number of rotatable bonds is 1. The largest absolute Gasteiger partial charge is 0.396 e. The first-order valence-corrected chi connectivity index (χ1v) is 5.42. The van der Waals surface area contributed by atoms with Gasteiger partial charge >= 0.3 is 0 Å². The van der Waals surface area contributed by atoms with Gasteiger partial charge in [0, 0.05) is 24.6 Å². The molecule has 0 aromatic carbocycles. The van der Waals surface area contributed by atoms with Gasteiger partial charge in [-0.25, -0.2) is 9.97 Å². The molecule has 0 bridgehead atoms. The Morgan fingerprint density at radius 2 is 1.85 bits per heavy atom. The molecule has 0 saturated carbocycles. The van der Waals surface area contributed by atoms with E-state index in [1.165, 1.54) is 0 Å². The number of thioether (sulfide) groups is 1. The van der Waals surface area contributed by atoms with Crippen molar-refractivity contribution in [2.45, 2.75) is 0 Å². The van der Waals surface area contributed by atoms with Gasteiger partial charge in [0.2, 0.25) is 5.95 Å². The molecule has 0 aliphatic carbocycles. The second kappa shape index (κ2) is 3.83. The molecule has 13 heavy (non-hydrogen) atoms. The van der Waals surface area contributed by atoms with Crippen molar-refractivity contribution in [2.75, 3.05) is 35.2 Å². The summed E-state index contributed by atoms with van der Waals surface area (Å²) in [7, 11) is 0. The summed E-state index contributed by atoms with van der Waals surface area (Å²) in [6.45, 7) is 2.07. The Balaban J connectivity index is 2.10. The van der Waals surface area contributed by atoms with E-state index in [1.54, 1.807) is 12.4 Å². The number of hydrogen-bond acceptors (Lipinski definition) is 5. The van der Waals surface area contributed by atoms with E-state index in [-0.39, 0.29) is 0 Å². The second-order valence-corrected chi connectivity index (χ2v) is 4.14. The first kappa shape index (κ1) is 8.62. The van der Waals surface area contributed by atoms with Gasteiger partial charge in [-0.05, 0) is 0 Å². The predicted molar refractivity (Wildman–Crippen MR) is 56.0 cm³/mol. The molecule has 5 heteroatoms. The smallest absolute Gasteiger partial charge is 0.225 e. The van der Waals surface area contributed by atoms with Gasteiger partial charge in [-0.15, -0.1) is 0 Å². The van der Waals surface area contributed by atoms with E-state index in [0.29, 0.717) is 5.69 Å². The van der Waals surface area contributed by atoms with Crippen molar-refractivity contribution in [1.29, 1.82) is 0 Å². The van der Waals surface area contributed by atoms with Crippen LogP contribution in [0.25, 0.3) is 0 Å². The number of nitrogens with zero attached hydrogens (tertiary/aromatic N) is 3. The average Bonchev–Trinajstić information content (AvgIpc) is 2.20. The van der Waals surface area contributed by atoms with Crippen LogP contribution in [0.4, 0.5) is 11.6 Å². The van der Waals surface area contributed by atoms with Gasteiger partial charge in [0.1, 0.15) is 0 Å². The highest BCUT2D eigenvalue weighted by molar-refractivity contribution is 7.99. The number of nitrogen functional groups attached to an aromatic ring is 1. The Kier molecular flexibility index (Phi) is 2.54. The third-order valence-corrected chi connectivity index (χ3v) is 2.89. The molecule has 1 fully saturated rings. The molecule has 0 amide bonds. The Morgan fingerprint density at radius 1 is 1.23 bits per heavy atom. The fraction of sp³-hybridized carbons (Fsp3) is 0.500. The van der Waals surface area contributed by atoms with Crippen LogP contribution in [-0.2, 0) is 0 Å². The lowest BCUT2D eigenvalue weighted by Crippen LogP contribution is -2.33. The van der Waals surface area contributed by atoms with Crippen LogP contribution in [-0.4, -0.2) is 34.6 Å². The highest BCUT2D eigenvalue weighted by atomic mass is 32.2. The zero-order valence-corrected chi connectivity index (χ0v) is 8.13. The summed E-state index contributed by atoms with van der Waals surface area (Å²) in [6.07, 6.45) is 3.31. The van der Waals surface area contributed by atoms with Crippen LogP contribution in [0.15, 0.2) is 12.4 Å². The molecule has 0 unspecified atom stereocenters. The van der Waals surface area contributed by atoms with Gasteiger partial charge in [0.05, 0.1) is 18.1 Å². The van der Waals surface area contributed by atoms with Crippen molar-refractivity contribution in [3.63, 3.8) is 0 Å². The minimum atomic E-state index is 0.620. The molecule has 2 rings (SSSR count). The number of anilines is 2. The summed E-state index contributed by atoms with van der Waals surface area (Å²) in [5.74, 6) is 3.12. The Bertz CT molecular complexity index is 268. The molecule has 0 spiro atoms. The molecular weight excluding hydrogens is 184 g/mol. The van der Waals surface area contributed by atoms with Gasteiger partial charge in [0.25, 0.3) is 0 Å². The van der Waals surface area contributed by atoms with Crippen LogP contribution >= 0.6 is 11.8 Å². The molecule has 0 atom stereocenters. The van der Waals surface area contributed by atoms with Crippen molar-refractivity contribution < 1.29 is 0 Å². The van der Waals surface area contributed by atoms with E-state index in [1.807, 2.05) is 11.8 Å². The summed E-state index contributed by atoms with van der Waals surface area (Å²) in [5, 5.41) is 0. The summed E-state index contributed by atoms with van der Waals surface area (Å²) in [4.78, 5) is 10.6. The Morgan fingerprint density at radius 3 is 2.46 bits per heavy atom. The normalized spacial score (nSPS) is 17.4. The SMILES string of the molecule is Nc1cnc(N2CCSCC2)nc1. The Labute approximate surface area is 81.5 Å². The van der Waals surface area contributed by atoms with Crippen molar-refractivity contribution in [2.24, 2.45) is 0 Å². The van der Waals surface area contributed by atoms with E-state index in [4.69, 9.17) is 5.73 Å². The monoisotopic (exact) mass is 196 g/mol. The fourth-order valence-corrected chi connectivity index (χ4v) is 2.16. The summed E-state index contributed by atoms with van der Waals surface area (Å²) in [6, 6.07) is 0. The number of nitrogens with two attached hydrogens (primary N) is 1. The molecular formula is C8H12N4S. The van der Waals surface area contributed by atoms with Crippen LogP contribution in [0.5, 0.6) is 0 Å². The van der Waals surface area contributed by atoms with Crippen LogP contribution in [0.1, 0.15) is 0 Å². The molecule has 70 valence electrons. The predicted octanol–water partition coefficient (Wildman–Crippen LogP) is 0.612. The first-order valence-electron chi connectivity index (χ1n) is 4.26. The van der Waals surface area contributed by atoms with Crippen LogP contribution in [0.2, 0.25) is 0 Å². The van der Waals surface area contributed by atoms with Crippen LogP contribution in [0, 0.1) is 0 Å². The summed E-state index contributed by atoms with van der Waals surface area (Å²) in [5.41, 5.74) is 6.13. The maximum atomic E-state index is 5.51. The van der Waals surface area contributed by atoms with Crippen LogP contribution < -0.4 is 10.6 Å². The lowest BCUT2D eigenvalue weighted by Gasteiger charge is -2.25. The van der Waals surface area contributed by atoms with E-state index >= 15 is 0 Å². The van der Waals surface area contributed by atoms with Crippen molar-refractivity contribution in [3.05, 3.63) is 12.4 Å². The molecule has 2 N–H and O–H groups in total. The third kappa shape index (κ3) is 2.03. The van der Waals surface area contributed by atoms with Crippen molar-refractivity contribution in [3.8, 4) is 0 Å². The van der Waals surface area contributed by atoms with E-state index < -0.39 is 0 Å². The topological polar surface area (TPSA) is 55.0 Å². The second-order valence-electron chi connectivity index (χ2n) is 2.92. The van der Waals surface area contributed by atoms with E-state index in [2.05, 4.69) is 14.9 Å². The third-order valence-electron chi connectivity index (χ3n) is 1.95. The first-order chi connectivity index (χ1) is 6.36. The maximum Gasteiger partial charge on any atom is 0.225 e. The number of hydrogen-bond donors (Lipinski definition) is 1. The lowest BCUT2D eigenvalue weighted by atomic mass is 10.5. The van der Waals surface area contributed by atoms with Gasteiger partial charge in [0.15, 0.2) is 0 Å². The molecule has 1 aliphatic rings. The van der Waals surface area contributed by atoms with Gasteiger partial charge in [-0.3, -0.25) is 0 Å². The molecule has 4 nitrogen and oxygen atoms in total. The Hall–Kier alpha value is -0.970. The molecule has 1 saturated heterocycles.